The zero-order chi connectivity index (χ0) is 21.8. The predicted octanol–water partition coefficient (Wildman–Crippen LogP) is 4.22. The molecule has 2 fully saturated rings. The van der Waals surface area contributed by atoms with E-state index in [-0.39, 0.29) is 18.3 Å². The molecule has 1 saturated carbocycles. The molecule has 6 rings (SSSR count). The molecular weight excluding hydrogens is 409 g/mol. The van der Waals surface area contributed by atoms with Crippen molar-refractivity contribution in [3.05, 3.63) is 71.6 Å². The molecule has 6 nitrogen and oxygen atoms in total. The summed E-state index contributed by atoms with van der Waals surface area (Å²) in [5.74, 6) is -0.380. The van der Waals surface area contributed by atoms with E-state index in [2.05, 4.69) is 10.2 Å². The number of carbonyl (C=O) groups is 1. The maximum absolute atomic E-state index is 15.3. The van der Waals surface area contributed by atoms with Gasteiger partial charge in [-0.1, -0.05) is 24.3 Å². The molecule has 3 heterocycles. The van der Waals surface area contributed by atoms with Gasteiger partial charge in [0.1, 0.15) is 11.6 Å². The third-order valence-corrected chi connectivity index (χ3v) is 6.69. The van der Waals surface area contributed by atoms with Crippen LogP contribution in [0.2, 0.25) is 0 Å². The van der Waals surface area contributed by atoms with Crippen molar-refractivity contribution < 1.29 is 18.7 Å². The highest BCUT2D eigenvalue weighted by molar-refractivity contribution is 5.90. The summed E-state index contributed by atoms with van der Waals surface area (Å²) in [5.41, 5.74) is 2.53. The van der Waals surface area contributed by atoms with Gasteiger partial charge >= 0.3 is 5.97 Å². The highest BCUT2D eigenvalue weighted by atomic mass is 19.1. The van der Waals surface area contributed by atoms with E-state index < -0.39 is 5.97 Å². The van der Waals surface area contributed by atoms with Gasteiger partial charge in [-0.25, -0.2) is 9.18 Å². The second-order valence-electron chi connectivity index (χ2n) is 8.85. The van der Waals surface area contributed by atoms with E-state index in [1.54, 1.807) is 12.5 Å². The fraction of sp³-hybridized carbons (Fsp3) is 0.320. The van der Waals surface area contributed by atoms with E-state index in [4.69, 9.17) is 4.42 Å². The first kappa shape index (κ1) is 19.4. The van der Waals surface area contributed by atoms with E-state index in [9.17, 15) is 9.90 Å². The third-order valence-electron chi connectivity index (χ3n) is 6.69. The van der Waals surface area contributed by atoms with Crippen LogP contribution in [0, 0.1) is 5.82 Å². The Morgan fingerprint density at radius 1 is 1.19 bits per heavy atom. The van der Waals surface area contributed by atoms with Gasteiger partial charge in [-0.2, -0.15) is 0 Å². The van der Waals surface area contributed by atoms with E-state index in [0.717, 1.165) is 40.6 Å². The van der Waals surface area contributed by atoms with Crippen molar-refractivity contribution in [1.29, 1.82) is 0 Å². The molecule has 164 valence electrons. The molecule has 1 saturated heterocycles. The van der Waals surface area contributed by atoms with Crippen LogP contribution in [0.1, 0.15) is 30.2 Å². The van der Waals surface area contributed by atoms with E-state index >= 15 is 4.39 Å². The van der Waals surface area contributed by atoms with Gasteiger partial charge in [-0.05, 0) is 30.5 Å². The van der Waals surface area contributed by atoms with Crippen LogP contribution >= 0.6 is 0 Å². The number of nitrogens with zero attached hydrogens (tertiary/aromatic N) is 2. The largest absolute Gasteiger partial charge is 0.478 e. The first-order valence-electron chi connectivity index (χ1n) is 11.1. The summed E-state index contributed by atoms with van der Waals surface area (Å²) >= 11 is 0. The van der Waals surface area contributed by atoms with Crippen molar-refractivity contribution in [3.8, 4) is 0 Å². The number of nitrogens with one attached hydrogen (secondary N) is 1. The van der Waals surface area contributed by atoms with Crippen LogP contribution in [0.5, 0.6) is 0 Å². The second-order valence-corrected chi connectivity index (χ2v) is 8.85. The molecule has 7 heteroatoms. The fourth-order valence-corrected chi connectivity index (χ4v) is 4.92. The number of furan rings is 1. The Labute approximate surface area is 184 Å². The maximum atomic E-state index is 15.3. The monoisotopic (exact) mass is 433 g/mol. The quantitative estimate of drug-likeness (QED) is 0.642. The molecule has 32 heavy (non-hydrogen) atoms. The first-order valence-corrected chi connectivity index (χ1v) is 11.1. The van der Waals surface area contributed by atoms with Gasteiger partial charge < -0.3 is 24.6 Å². The molecule has 0 spiro atoms. The predicted molar refractivity (Wildman–Crippen MR) is 120 cm³/mol. The summed E-state index contributed by atoms with van der Waals surface area (Å²) in [6.45, 7) is 1.99. The van der Waals surface area contributed by atoms with Gasteiger partial charge in [-0.15, -0.1) is 0 Å². The number of halogens is 1. The minimum Gasteiger partial charge on any atom is -0.478 e. The van der Waals surface area contributed by atoms with Gasteiger partial charge in [0, 0.05) is 54.8 Å². The summed E-state index contributed by atoms with van der Waals surface area (Å²) in [7, 11) is 0. The molecule has 0 radical (unpaired) electrons. The van der Waals surface area contributed by atoms with Gasteiger partial charge in [0.05, 0.1) is 23.6 Å². The van der Waals surface area contributed by atoms with E-state index in [0.29, 0.717) is 36.9 Å². The lowest BCUT2D eigenvalue weighted by molar-refractivity contribution is -0.132. The van der Waals surface area contributed by atoms with Gasteiger partial charge in [0.25, 0.3) is 0 Å². The Kier molecular flexibility index (Phi) is 4.47. The number of piperazine rings is 1. The third kappa shape index (κ3) is 3.24. The lowest BCUT2D eigenvalue weighted by Gasteiger charge is -2.36. The van der Waals surface area contributed by atoms with Crippen LogP contribution in [0.15, 0.2) is 58.9 Å². The highest BCUT2D eigenvalue weighted by Crippen LogP contribution is 2.41. The maximum Gasteiger partial charge on any atom is 0.333 e. The van der Waals surface area contributed by atoms with Crippen molar-refractivity contribution in [2.75, 3.05) is 29.4 Å². The molecular formula is C25H24FN3O3. The van der Waals surface area contributed by atoms with Crippen LogP contribution in [-0.2, 0) is 11.2 Å². The molecule has 0 amide bonds. The Balaban J connectivity index is 1.33. The van der Waals surface area contributed by atoms with Crippen molar-refractivity contribution in [1.82, 2.24) is 5.32 Å². The molecule has 1 atom stereocenters. The first-order chi connectivity index (χ1) is 15.6. The lowest BCUT2D eigenvalue weighted by Crippen LogP contribution is -2.46. The van der Waals surface area contributed by atoms with E-state index in [1.807, 2.05) is 35.2 Å². The van der Waals surface area contributed by atoms with Gasteiger partial charge in [0.2, 0.25) is 0 Å². The molecule has 2 aliphatic heterocycles. The number of aliphatic carboxylic acids is 1. The zero-order valence-corrected chi connectivity index (χ0v) is 17.6. The molecule has 1 unspecified atom stereocenters. The smallest absolute Gasteiger partial charge is 0.333 e. The number of hydrogen-bond donors (Lipinski definition) is 2. The number of fused-ring (bicyclic) bond motifs is 2. The van der Waals surface area contributed by atoms with Gasteiger partial charge in [0.15, 0.2) is 0 Å². The molecule has 3 aromatic rings. The number of rotatable bonds is 4. The van der Waals surface area contributed by atoms with Crippen molar-refractivity contribution in [2.45, 2.75) is 31.3 Å². The Bertz CT molecular complexity index is 1250. The molecule has 1 aliphatic carbocycles. The van der Waals surface area contributed by atoms with Crippen LogP contribution in [-0.4, -0.2) is 36.8 Å². The van der Waals surface area contributed by atoms with Crippen molar-refractivity contribution >= 4 is 28.1 Å². The molecule has 2 N–H and O–H groups in total. The lowest BCUT2D eigenvalue weighted by atomic mass is 9.97. The number of anilines is 2. The Morgan fingerprint density at radius 2 is 2.03 bits per heavy atom. The number of carboxylic acids is 1. The summed E-state index contributed by atoms with van der Waals surface area (Å²) in [4.78, 5) is 15.7. The summed E-state index contributed by atoms with van der Waals surface area (Å²) < 4.78 is 21.2. The normalized spacial score (nSPS) is 20.9. The van der Waals surface area contributed by atoms with E-state index in [1.165, 1.54) is 6.07 Å². The standard InChI is InChI=1S/C25H24FN3O3/c26-20-10-16-9-17(25(30)31)12-29(18-5-6-18)22(16)11-23(20)28-8-7-27-21(13-28)24-19-4-2-1-3-15(19)14-32-24/h1-4,10-12,14,18,21,27H,5-9,13H2,(H,30,31). The van der Waals surface area contributed by atoms with Crippen LogP contribution in [0.25, 0.3) is 10.8 Å². The van der Waals surface area contributed by atoms with Crippen LogP contribution in [0.3, 0.4) is 0 Å². The summed E-state index contributed by atoms with van der Waals surface area (Å²) in [5, 5.41) is 15.1. The molecule has 1 aromatic heterocycles. The average Bonchev–Trinajstić information content (AvgIpc) is 3.56. The minimum atomic E-state index is -0.943. The topological polar surface area (TPSA) is 69.0 Å². The number of carboxylic acid groups (broad SMARTS) is 1. The van der Waals surface area contributed by atoms with Gasteiger partial charge in [-0.3, -0.25) is 0 Å². The highest BCUT2D eigenvalue weighted by Gasteiger charge is 2.35. The van der Waals surface area contributed by atoms with Crippen molar-refractivity contribution in [2.24, 2.45) is 0 Å². The average molecular weight is 433 g/mol. The fourth-order valence-electron chi connectivity index (χ4n) is 4.92. The molecule has 2 aromatic carbocycles. The minimum absolute atomic E-state index is 0.0443. The Hall–Kier alpha value is -3.32. The second kappa shape index (κ2) is 7.38. The van der Waals surface area contributed by atoms with Crippen molar-refractivity contribution in [3.63, 3.8) is 0 Å². The van der Waals surface area contributed by atoms with Crippen LogP contribution < -0.4 is 15.1 Å². The Morgan fingerprint density at radius 3 is 2.84 bits per heavy atom. The molecule has 3 aliphatic rings. The summed E-state index contributed by atoms with van der Waals surface area (Å²) in [6, 6.07) is 11.7. The number of hydrogen-bond acceptors (Lipinski definition) is 5. The zero-order valence-electron chi connectivity index (χ0n) is 17.6. The SMILES string of the molecule is O=C(O)C1=CN(C2CC2)c2cc(N3CCNC(c4occ5ccccc45)C3)c(F)cc2C1. The number of benzene rings is 2. The molecule has 0 bridgehead atoms. The summed E-state index contributed by atoms with van der Waals surface area (Å²) in [6.07, 6.45) is 5.80. The van der Waals surface area contributed by atoms with Crippen LogP contribution in [0.4, 0.5) is 15.8 Å².